The molecule has 0 bridgehead atoms. The highest BCUT2D eigenvalue weighted by Gasteiger charge is 2.21. The second kappa shape index (κ2) is 9.43. The normalized spacial score (nSPS) is 11.8. The van der Waals surface area contributed by atoms with E-state index >= 15 is 0 Å². The molecule has 2 N–H and O–H groups in total. The van der Waals surface area contributed by atoms with Crippen LogP contribution in [0.2, 0.25) is 0 Å². The van der Waals surface area contributed by atoms with Gasteiger partial charge < -0.3 is 10.5 Å². The van der Waals surface area contributed by atoms with Gasteiger partial charge in [0, 0.05) is 23.7 Å². The van der Waals surface area contributed by atoms with Gasteiger partial charge in [0.1, 0.15) is 12.4 Å². The Bertz CT molecular complexity index is 676. The summed E-state index contributed by atoms with van der Waals surface area (Å²) < 4.78 is 45.1. The molecule has 9 heteroatoms. The molecule has 0 atom stereocenters. The molecule has 0 aliphatic rings. The highest BCUT2D eigenvalue weighted by molar-refractivity contribution is 5.85. The maximum atomic E-state index is 13.0. The first kappa shape index (κ1) is 21.0. The second-order valence-electron chi connectivity index (χ2n) is 5.42. The first-order chi connectivity index (χ1) is 11.5. The van der Waals surface area contributed by atoms with Crippen molar-refractivity contribution in [2.45, 2.75) is 26.3 Å². The zero-order chi connectivity index (χ0) is 17.7. The lowest BCUT2D eigenvalue weighted by molar-refractivity contribution is 0.131. The minimum atomic E-state index is -2.70. The number of nitrogens with two attached hydrogens (primary N) is 1. The van der Waals surface area contributed by atoms with Crippen LogP contribution in [0.3, 0.4) is 0 Å². The van der Waals surface area contributed by atoms with Gasteiger partial charge in [0.15, 0.2) is 11.6 Å². The third kappa shape index (κ3) is 5.20. The number of aromatic nitrogens is 3. The Morgan fingerprint density at radius 2 is 1.92 bits per heavy atom. The molecule has 25 heavy (non-hydrogen) atoms. The van der Waals surface area contributed by atoms with Crippen LogP contribution in [0, 0.1) is 0 Å². The molecule has 5 nitrogen and oxygen atoms in total. The number of benzene rings is 1. The van der Waals surface area contributed by atoms with E-state index in [1.165, 1.54) is 4.68 Å². The van der Waals surface area contributed by atoms with Crippen LogP contribution in [0.25, 0.3) is 11.4 Å². The number of hydrogen-bond donors (Lipinski definition) is 1. The molecule has 2 rings (SSSR count). The van der Waals surface area contributed by atoms with Gasteiger partial charge >= 0.3 is 0 Å². The van der Waals surface area contributed by atoms with E-state index in [-0.39, 0.29) is 43.2 Å². The van der Waals surface area contributed by atoms with Crippen molar-refractivity contribution < 1.29 is 17.9 Å². The largest absolute Gasteiger partial charge is 0.489 e. The van der Waals surface area contributed by atoms with E-state index in [1.807, 2.05) is 0 Å². The summed E-state index contributed by atoms with van der Waals surface area (Å²) in [4.78, 5) is 3.92. The van der Waals surface area contributed by atoms with Crippen molar-refractivity contribution in [1.82, 2.24) is 14.8 Å². The zero-order valence-corrected chi connectivity index (χ0v) is 14.6. The van der Waals surface area contributed by atoms with Crippen LogP contribution < -0.4 is 10.5 Å². The van der Waals surface area contributed by atoms with Crippen molar-refractivity contribution in [3.8, 4) is 17.1 Å². The van der Waals surface area contributed by atoms with Crippen molar-refractivity contribution in [2.24, 2.45) is 5.73 Å². The predicted molar refractivity (Wildman–Crippen MR) is 91.8 cm³/mol. The Morgan fingerprint density at radius 1 is 1.28 bits per heavy atom. The summed E-state index contributed by atoms with van der Waals surface area (Å²) in [6.45, 7) is 3.63. The molecule has 1 aromatic carbocycles. The Balaban J connectivity index is 0.00000312. The average Bonchev–Trinajstić information content (AvgIpc) is 3.02. The van der Waals surface area contributed by atoms with Gasteiger partial charge in [-0.25, -0.2) is 22.8 Å². The van der Waals surface area contributed by atoms with Gasteiger partial charge in [-0.05, 0) is 38.1 Å². The van der Waals surface area contributed by atoms with Gasteiger partial charge in [0.25, 0.3) is 6.43 Å². The van der Waals surface area contributed by atoms with Crippen molar-refractivity contribution in [1.29, 1.82) is 0 Å². The third-order valence-electron chi connectivity index (χ3n) is 3.30. The summed E-state index contributed by atoms with van der Waals surface area (Å²) in [7, 11) is 0. The standard InChI is InChI=1S/C16H19F3N4O.ClH/c1-10(2)23-16(14(18)19)21-15(22-23)12-3-5-13(6-4-12)24-9-11(7-17)8-20;/h3-7,10,14H,8-9,20H2,1-2H3;1H/b11-7+;. The summed E-state index contributed by atoms with van der Waals surface area (Å²) in [6, 6.07) is 6.37. The molecular weight excluding hydrogens is 357 g/mol. The van der Waals surface area contributed by atoms with Gasteiger partial charge in [-0.2, -0.15) is 5.10 Å². The van der Waals surface area contributed by atoms with E-state index in [1.54, 1.807) is 38.1 Å². The fourth-order valence-corrected chi connectivity index (χ4v) is 2.00. The van der Waals surface area contributed by atoms with E-state index in [0.29, 0.717) is 23.2 Å². The topological polar surface area (TPSA) is 66.0 Å². The molecule has 0 saturated heterocycles. The number of alkyl halides is 2. The van der Waals surface area contributed by atoms with Gasteiger partial charge in [-0.3, -0.25) is 0 Å². The lowest BCUT2D eigenvalue weighted by Gasteiger charge is -2.08. The van der Waals surface area contributed by atoms with Gasteiger partial charge in [-0.15, -0.1) is 12.4 Å². The highest BCUT2D eigenvalue weighted by atomic mass is 35.5. The van der Waals surface area contributed by atoms with Crippen LogP contribution in [0.5, 0.6) is 5.75 Å². The number of hydrogen-bond acceptors (Lipinski definition) is 4. The first-order valence-corrected chi connectivity index (χ1v) is 7.42. The molecule has 1 heterocycles. The second-order valence-corrected chi connectivity index (χ2v) is 5.42. The first-order valence-electron chi connectivity index (χ1n) is 7.42. The van der Waals surface area contributed by atoms with Crippen LogP contribution >= 0.6 is 12.4 Å². The van der Waals surface area contributed by atoms with E-state index in [0.717, 1.165) is 0 Å². The molecular formula is C16H20ClF3N4O. The minimum absolute atomic E-state index is 0. The van der Waals surface area contributed by atoms with Gasteiger partial charge in [0.05, 0.1) is 6.33 Å². The van der Waals surface area contributed by atoms with Crippen molar-refractivity contribution >= 4 is 12.4 Å². The van der Waals surface area contributed by atoms with E-state index in [4.69, 9.17) is 10.5 Å². The third-order valence-corrected chi connectivity index (χ3v) is 3.30. The van der Waals surface area contributed by atoms with Crippen molar-refractivity contribution in [3.63, 3.8) is 0 Å². The Hall–Kier alpha value is -2.06. The molecule has 138 valence electrons. The molecule has 0 saturated carbocycles. The van der Waals surface area contributed by atoms with E-state index in [9.17, 15) is 13.2 Å². The number of rotatable bonds is 7. The molecule has 0 unspecified atom stereocenters. The fourth-order valence-electron chi connectivity index (χ4n) is 2.00. The molecule has 1 aromatic heterocycles. The van der Waals surface area contributed by atoms with Crippen molar-refractivity contribution in [2.75, 3.05) is 13.2 Å². The van der Waals surface area contributed by atoms with Crippen LogP contribution in [0.4, 0.5) is 13.2 Å². The summed E-state index contributed by atoms with van der Waals surface area (Å²) in [5.74, 6) is 0.363. The zero-order valence-electron chi connectivity index (χ0n) is 13.8. The molecule has 0 aliphatic carbocycles. The average molecular weight is 377 g/mol. The Kier molecular flexibility index (Phi) is 7.92. The summed E-state index contributed by atoms with van der Waals surface area (Å²) in [5, 5.41) is 4.14. The summed E-state index contributed by atoms with van der Waals surface area (Å²) in [6.07, 6.45) is -2.28. The molecule has 0 fully saturated rings. The summed E-state index contributed by atoms with van der Waals surface area (Å²) >= 11 is 0. The Morgan fingerprint density at radius 3 is 2.36 bits per heavy atom. The molecule has 0 amide bonds. The van der Waals surface area contributed by atoms with Crippen molar-refractivity contribution in [3.05, 3.63) is 42.0 Å². The number of halogens is 4. The lowest BCUT2D eigenvalue weighted by atomic mass is 10.2. The smallest absolute Gasteiger partial charge is 0.297 e. The monoisotopic (exact) mass is 376 g/mol. The van der Waals surface area contributed by atoms with Crippen LogP contribution in [0.15, 0.2) is 36.2 Å². The maximum Gasteiger partial charge on any atom is 0.297 e. The SMILES string of the molecule is CC(C)n1nc(-c2ccc(OC/C(=C/F)CN)cc2)nc1C(F)F.Cl. The number of nitrogens with zero attached hydrogens (tertiary/aromatic N) is 3. The maximum absolute atomic E-state index is 13.0. The van der Waals surface area contributed by atoms with Crippen LogP contribution in [0.1, 0.15) is 32.1 Å². The predicted octanol–water partition coefficient (Wildman–Crippen LogP) is 4.08. The lowest BCUT2D eigenvalue weighted by Crippen LogP contribution is -2.10. The quantitative estimate of drug-likeness (QED) is 0.790. The number of ether oxygens (including phenoxy) is 1. The van der Waals surface area contributed by atoms with Gasteiger partial charge in [0.2, 0.25) is 0 Å². The van der Waals surface area contributed by atoms with E-state index < -0.39 is 6.43 Å². The van der Waals surface area contributed by atoms with Crippen LogP contribution in [-0.2, 0) is 0 Å². The van der Waals surface area contributed by atoms with Gasteiger partial charge in [-0.1, -0.05) is 0 Å². The molecule has 0 aliphatic heterocycles. The molecule has 0 spiro atoms. The van der Waals surface area contributed by atoms with Crippen LogP contribution in [-0.4, -0.2) is 27.9 Å². The summed E-state index contributed by atoms with van der Waals surface area (Å²) in [5.41, 5.74) is 6.26. The molecule has 2 aromatic rings. The highest BCUT2D eigenvalue weighted by Crippen LogP contribution is 2.25. The Labute approximate surface area is 150 Å². The van der Waals surface area contributed by atoms with E-state index in [2.05, 4.69) is 10.1 Å². The fraction of sp³-hybridized carbons (Fsp3) is 0.375. The minimum Gasteiger partial charge on any atom is -0.489 e. The molecule has 0 radical (unpaired) electrons.